The Morgan fingerprint density at radius 1 is 0.709 bits per heavy atom. The predicted molar refractivity (Wildman–Crippen MR) is 187 cm³/mol. The molecule has 2 heterocycles. The van der Waals surface area contributed by atoms with E-state index in [9.17, 15) is 44.1 Å². The molecule has 2 saturated heterocycles. The molecule has 0 bridgehead atoms. The highest BCUT2D eigenvalue weighted by Gasteiger charge is 2.61. The number of carbonyl (C=O) groups is 6. The van der Waals surface area contributed by atoms with Crippen LogP contribution in [0.5, 0.6) is 0 Å². The highest BCUT2D eigenvalue weighted by Crippen LogP contribution is 2.39. The predicted octanol–water partition coefficient (Wildman–Crippen LogP) is 1.80. The SMILES string of the molecule is CCC(C)C(=O)OC[C@H]1O[C@H](O[C@]2(CO)O[C@H](COC(=O)CC(=O)O)[C@@H](O)[C@@H]2O)[C@H](OC(=O)C(C)CC)[C@@H](OC(=O)CCCC(C)C)[C@@H]1OC(=O)C(C)CC. The monoisotopic (exact) mass is 792 g/mol. The zero-order valence-electron chi connectivity index (χ0n) is 33.0. The molecule has 316 valence electrons. The second-order valence-electron chi connectivity index (χ2n) is 14.6. The van der Waals surface area contributed by atoms with Gasteiger partial charge in [0.1, 0.15) is 50.7 Å². The summed E-state index contributed by atoms with van der Waals surface area (Å²) in [6.07, 6.45) is -12.8. The molecule has 2 aliphatic heterocycles. The van der Waals surface area contributed by atoms with Gasteiger partial charge < -0.3 is 58.3 Å². The van der Waals surface area contributed by atoms with Crippen molar-refractivity contribution in [1.82, 2.24) is 0 Å². The Morgan fingerprint density at radius 3 is 1.78 bits per heavy atom. The second kappa shape index (κ2) is 22.4. The highest BCUT2D eigenvalue weighted by atomic mass is 16.8. The largest absolute Gasteiger partial charge is 0.481 e. The number of hydrogen-bond acceptors (Lipinski definition) is 17. The molecule has 0 aromatic rings. The molecule has 2 rings (SSSR count). The number of carboxylic acids is 1. The molecule has 0 aromatic carbocycles. The third-order valence-electron chi connectivity index (χ3n) is 9.71. The Balaban J connectivity index is 2.69. The van der Waals surface area contributed by atoms with Crippen molar-refractivity contribution in [3.63, 3.8) is 0 Å². The van der Waals surface area contributed by atoms with Crippen LogP contribution in [0.25, 0.3) is 0 Å². The van der Waals surface area contributed by atoms with E-state index in [2.05, 4.69) is 0 Å². The summed E-state index contributed by atoms with van der Waals surface area (Å²) in [6, 6.07) is 0. The quantitative estimate of drug-likeness (QED) is 0.0692. The van der Waals surface area contributed by atoms with E-state index in [0.29, 0.717) is 32.1 Å². The number of carbonyl (C=O) groups excluding carboxylic acids is 5. The Morgan fingerprint density at radius 2 is 1.25 bits per heavy atom. The minimum absolute atomic E-state index is 0.0797. The van der Waals surface area contributed by atoms with Gasteiger partial charge in [0.25, 0.3) is 0 Å². The van der Waals surface area contributed by atoms with Crippen molar-refractivity contribution >= 4 is 35.8 Å². The number of esters is 5. The number of carboxylic acid groups (broad SMARTS) is 1. The maximum absolute atomic E-state index is 13.5. The second-order valence-corrected chi connectivity index (χ2v) is 14.6. The summed E-state index contributed by atoms with van der Waals surface area (Å²) in [7, 11) is 0. The summed E-state index contributed by atoms with van der Waals surface area (Å²) >= 11 is 0. The molecule has 0 spiro atoms. The standard InChI is InChI=1S/C37H60O18/c1-9-20(6)33(45)49-17-24-29(52-34(46)21(7)10-2)30(51-26(41)14-12-13-19(4)5)31(53-35(47)22(8)11-3)36(50-24)55-37(18-38)32(44)28(43)23(54-37)16-48-27(42)15-25(39)40/h19-24,28-32,36,38,43-44H,9-18H2,1-8H3,(H,39,40)/t20?,21?,22?,23-,24-,28-,29-,30+,31-,32+,36-,37+/m1/s1. The zero-order chi connectivity index (χ0) is 41.6. The van der Waals surface area contributed by atoms with Crippen molar-refractivity contribution in [1.29, 1.82) is 0 Å². The number of aliphatic carboxylic acids is 1. The van der Waals surface area contributed by atoms with Gasteiger partial charge in [-0.25, -0.2) is 0 Å². The van der Waals surface area contributed by atoms with Gasteiger partial charge in [-0.2, -0.15) is 0 Å². The first-order chi connectivity index (χ1) is 25.8. The molecule has 0 amide bonds. The van der Waals surface area contributed by atoms with E-state index in [0.717, 1.165) is 0 Å². The van der Waals surface area contributed by atoms with Crippen molar-refractivity contribution < 1.29 is 87.1 Å². The lowest BCUT2D eigenvalue weighted by Gasteiger charge is -2.46. The van der Waals surface area contributed by atoms with Crippen LogP contribution < -0.4 is 0 Å². The molecular formula is C37H60O18. The van der Waals surface area contributed by atoms with Gasteiger partial charge in [-0.1, -0.05) is 61.8 Å². The molecule has 18 nitrogen and oxygen atoms in total. The van der Waals surface area contributed by atoms with Gasteiger partial charge in [0.05, 0.1) is 17.8 Å². The van der Waals surface area contributed by atoms with Crippen molar-refractivity contribution in [2.75, 3.05) is 19.8 Å². The van der Waals surface area contributed by atoms with Crippen LogP contribution in [0.3, 0.4) is 0 Å². The first-order valence-electron chi connectivity index (χ1n) is 19.0. The lowest BCUT2D eigenvalue weighted by Crippen LogP contribution is -2.65. The fraction of sp³-hybridized carbons (Fsp3) is 0.838. The number of ether oxygens (including phenoxy) is 8. The van der Waals surface area contributed by atoms with E-state index in [1.807, 2.05) is 13.8 Å². The molecule has 55 heavy (non-hydrogen) atoms. The Hall–Kier alpha value is -3.42. The lowest BCUT2D eigenvalue weighted by molar-refractivity contribution is -0.384. The highest BCUT2D eigenvalue weighted by molar-refractivity contribution is 5.90. The van der Waals surface area contributed by atoms with Gasteiger partial charge in [0.2, 0.25) is 12.1 Å². The van der Waals surface area contributed by atoms with Crippen molar-refractivity contribution in [2.24, 2.45) is 23.7 Å². The van der Waals surface area contributed by atoms with Crippen LogP contribution in [0.1, 0.15) is 100 Å². The maximum atomic E-state index is 13.5. The number of hydrogen-bond donors (Lipinski definition) is 4. The summed E-state index contributed by atoms with van der Waals surface area (Å²) in [5.41, 5.74) is 0. The van der Waals surface area contributed by atoms with Crippen molar-refractivity contribution in [2.45, 2.75) is 155 Å². The zero-order valence-corrected chi connectivity index (χ0v) is 33.0. The van der Waals surface area contributed by atoms with Crippen LogP contribution in [0.4, 0.5) is 0 Å². The van der Waals surface area contributed by atoms with Crippen molar-refractivity contribution in [3.8, 4) is 0 Å². The molecule has 0 saturated carbocycles. The molecule has 12 atom stereocenters. The fourth-order valence-corrected chi connectivity index (χ4v) is 5.49. The van der Waals surface area contributed by atoms with Crippen LogP contribution in [0.15, 0.2) is 0 Å². The molecular weight excluding hydrogens is 732 g/mol. The van der Waals surface area contributed by atoms with Crippen LogP contribution in [0.2, 0.25) is 0 Å². The fourth-order valence-electron chi connectivity index (χ4n) is 5.49. The molecule has 4 N–H and O–H groups in total. The summed E-state index contributed by atoms with van der Waals surface area (Å²) in [5.74, 6) is -9.83. The third kappa shape index (κ3) is 13.6. The van der Waals surface area contributed by atoms with Crippen LogP contribution >= 0.6 is 0 Å². The lowest BCUT2D eigenvalue weighted by atomic mass is 9.96. The van der Waals surface area contributed by atoms with E-state index in [1.54, 1.807) is 41.5 Å². The van der Waals surface area contributed by atoms with Gasteiger partial charge in [0.15, 0.2) is 18.3 Å². The summed E-state index contributed by atoms with van der Waals surface area (Å²) < 4.78 is 46.1. The average Bonchev–Trinajstić information content (AvgIpc) is 3.38. The molecule has 2 fully saturated rings. The molecule has 2 aliphatic rings. The Labute approximate surface area is 321 Å². The molecule has 0 aromatic heterocycles. The van der Waals surface area contributed by atoms with Gasteiger partial charge >= 0.3 is 35.8 Å². The van der Waals surface area contributed by atoms with E-state index in [1.165, 1.54) is 0 Å². The Kier molecular flexibility index (Phi) is 19.4. The number of aliphatic hydroxyl groups excluding tert-OH is 3. The normalized spacial score (nSPS) is 29.5. The van der Waals surface area contributed by atoms with E-state index < -0.39 is 135 Å². The first kappa shape index (κ1) is 47.7. The first-order valence-corrected chi connectivity index (χ1v) is 19.0. The van der Waals surface area contributed by atoms with Crippen LogP contribution in [-0.2, 0) is 66.7 Å². The molecule has 0 radical (unpaired) electrons. The smallest absolute Gasteiger partial charge is 0.317 e. The molecule has 18 heteroatoms. The average molecular weight is 793 g/mol. The van der Waals surface area contributed by atoms with E-state index >= 15 is 0 Å². The minimum Gasteiger partial charge on any atom is -0.481 e. The van der Waals surface area contributed by atoms with Crippen LogP contribution in [-0.4, -0.2) is 131 Å². The minimum atomic E-state index is -2.58. The van der Waals surface area contributed by atoms with Gasteiger partial charge in [0, 0.05) is 6.42 Å². The summed E-state index contributed by atoms with van der Waals surface area (Å²) in [6.45, 7) is 11.4. The molecule has 3 unspecified atom stereocenters. The number of rotatable bonds is 22. The Bertz CT molecular complexity index is 1290. The maximum Gasteiger partial charge on any atom is 0.317 e. The number of aliphatic hydroxyl groups is 3. The summed E-state index contributed by atoms with van der Waals surface area (Å²) in [5, 5.41) is 41.5. The van der Waals surface area contributed by atoms with Crippen LogP contribution in [0, 0.1) is 23.7 Å². The van der Waals surface area contributed by atoms with Crippen molar-refractivity contribution in [3.05, 3.63) is 0 Å². The van der Waals surface area contributed by atoms with Gasteiger partial charge in [-0.3, -0.25) is 28.8 Å². The third-order valence-corrected chi connectivity index (χ3v) is 9.71. The summed E-state index contributed by atoms with van der Waals surface area (Å²) in [4.78, 5) is 75.9. The topological polar surface area (TPSA) is 257 Å². The van der Waals surface area contributed by atoms with Gasteiger partial charge in [-0.05, 0) is 31.6 Å². The molecule has 0 aliphatic carbocycles. The van der Waals surface area contributed by atoms with E-state index in [-0.39, 0.29) is 12.3 Å². The van der Waals surface area contributed by atoms with Gasteiger partial charge in [-0.15, -0.1) is 0 Å². The van der Waals surface area contributed by atoms with E-state index in [4.69, 9.17) is 43.0 Å².